The van der Waals surface area contributed by atoms with E-state index in [1.54, 1.807) is 7.11 Å². The van der Waals surface area contributed by atoms with Crippen molar-refractivity contribution in [3.8, 4) is 5.75 Å². The van der Waals surface area contributed by atoms with Crippen LogP contribution in [0.3, 0.4) is 0 Å². The molecule has 0 aromatic heterocycles. The molecule has 3 nitrogen and oxygen atoms in total. The summed E-state index contributed by atoms with van der Waals surface area (Å²) in [4.78, 5) is 0. The van der Waals surface area contributed by atoms with E-state index in [1.807, 2.05) is 0 Å². The molecule has 0 bridgehead atoms. The summed E-state index contributed by atoms with van der Waals surface area (Å²) in [5, 5.41) is 12.0. The summed E-state index contributed by atoms with van der Waals surface area (Å²) in [6, 6.07) is 6.37. The van der Waals surface area contributed by atoms with Gasteiger partial charge in [-0.15, -0.1) is 0 Å². The van der Waals surface area contributed by atoms with Gasteiger partial charge in [-0.1, -0.05) is 26.0 Å². The lowest BCUT2D eigenvalue weighted by molar-refractivity contribution is 0.286. The Hall–Kier alpha value is -1.06. The predicted octanol–water partition coefficient (Wildman–Crippen LogP) is 2.29. The van der Waals surface area contributed by atoms with Gasteiger partial charge in [0.05, 0.1) is 7.11 Å². The van der Waals surface area contributed by atoms with Crippen molar-refractivity contribution < 1.29 is 9.84 Å². The Morgan fingerprint density at radius 2 is 2.12 bits per heavy atom. The van der Waals surface area contributed by atoms with Crippen LogP contribution in [0.4, 0.5) is 0 Å². The van der Waals surface area contributed by atoms with Gasteiger partial charge in [-0.05, 0) is 30.5 Å². The largest absolute Gasteiger partial charge is 0.496 e. The molecule has 0 unspecified atom stereocenters. The van der Waals surface area contributed by atoms with E-state index in [1.165, 1.54) is 5.56 Å². The highest BCUT2D eigenvalue weighted by atomic mass is 16.5. The van der Waals surface area contributed by atoms with Crippen molar-refractivity contribution in [3.63, 3.8) is 0 Å². The van der Waals surface area contributed by atoms with E-state index in [-0.39, 0.29) is 6.61 Å². The molecule has 0 fully saturated rings. The molecule has 0 heterocycles. The first-order valence-corrected chi connectivity index (χ1v) is 6.17. The van der Waals surface area contributed by atoms with Crippen molar-refractivity contribution in [1.82, 2.24) is 5.32 Å². The van der Waals surface area contributed by atoms with Crippen molar-refractivity contribution >= 4 is 0 Å². The smallest absolute Gasteiger partial charge is 0.123 e. The van der Waals surface area contributed by atoms with Gasteiger partial charge < -0.3 is 15.2 Å². The van der Waals surface area contributed by atoms with E-state index in [0.717, 1.165) is 30.8 Å². The molecule has 17 heavy (non-hydrogen) atoms. The molecule has 0 aliphatic rings. The second kappa shape index (κ2) is 7.30. The van der Waals surface area contributed by atoms with Crippen LogP contribution in [0.1, 0.15) is 37.3 Å². The maximum atomic E-state index is 8.70. The van der Waals surface area contributed by atoms with E-state index >= 15 is 0 Å². The first kappa shape index (κ1) is 14.0. The minimum atomic E-state index is 0.233. The number of nitrogens with one attached hydrogen (secondary N) is 1. The van der Waals surface area contributed by atoms with Crippen LogP contribution >= 0.6 is 0 Å². The molecule has 0 atom stereocenters. The number of aliphatic hydroxyl groups is 1. The van der Waals surface area contributed by atoms with E-state index in [2.05, 4.69) is 37.4 Å². The van der Waals surface area contributed by atoms with E-state index < -0.39 is 0 Å². The van der Waals surface area contributed by atoms with Gasteiger partial charge in [-0.2, -0.15) is 0 Å². The number of hydrogen-bond donors (Lipinski definition) is 2. The van der Waals surface area contributed by atoms with Crippen molar-refractivity contribution in [1.29, 1.82) is 0 Å². The molecular weight excluding hydrogens is 214 g/mol. The molecule has 1 aromatic rings. The maximum Gasteiger partial charge on any atom is 0.123 e. The normalized spacial score (nSPS) is 10.9. The lowest BCUT2D eigenvalue weighted by atomic mass is 10.0. The number of aliphatic hydroxyl groups excluding tert-OH is 1. The topological polar surface area (TPSA) is 41.5 Å². The summed E-state index contributed by atoms with van der Waals surface area (Å²) < 4.78 is 5.40. The van der Waals surface area contributed by atoms with Crippen LogP contribution in [-0.4, -0.2) is 25.4 Å². The number of hydrogen-bond acceptors (Lipinski definition) is 3. The second-order valence-corrected chi connectivity index (χ2v) is 4.48. The van der Waals surface area contributed by atoms with Gasteiger partial charge in [0.25, 0.3) is 0 Å². The molecule has 0 saturated carbocycles. The minimum Gasteiger partial charge on any atom is -0.496 e. The first-order chi connectivity index (χ1) is 8.19. The standard InChI is InChI=1S/C14H23NO2/c1-11(2)12-5-6-13(14(9-12)17-3)10-15-7-4-8-16/h5-6,9,11,15-16H,4,7-8,10H2,1-3H3. The van der Waals surface area contributed by atoms with Gasteiger partial charge in [0, 0.05) is 18.7 Å². The van der Waals surface area contributed by atoms with E-state index in [0.29, 0.717) is 5.92 Å². The SMILES string of the molecule is COc1cc(C(C)C)ccc1CNCCCO. The molecule has 2 N–H and O–H groups in total. The quantitative estimate of drug-likeness (QED) is 0.715. The van der Waals surface area contributed by atoms with Crippen LogP contribution in [0.5, 0.6) is 5.75 Å². The van der Waals surface area contributed by atoms with Crippen LogP contribution < -0.4 is 10.1 Å². The number of benzene rings is 1. The fourth-order valence-electron chi connectivity index (χ4n) is 1.69. The fraction of sp³-hybridized carbons (Fsp3) is 0.571. The van der Waals surface area contributed by atoms with Gasteiger partial charge in [-0.25, -0.2) is 0 Å². The third kappa shape index (κ3) is 4.36. The van der Waals surface area contributed by atoms with Crippen molar-refractivity contribution in [2.45, 2.75) is 32.7 Å². The van der Waals surface area contributed by atoms with Crippen molar-refractivity contribution in [2.75, 3.05) is 20.3 Å². The number of methoxy groups -OCH3 is 1. The Labute approximate surface area is 104 Å². The van der Waals surface area contributed by atoms with Gasteiger partial charge >= 0.3 is 0 Å². The van der Waals surface area contributed by atoms with Gasteiger partial charge in [0.2, 0.25) is 0 Å². The summed E-state index contributed by atoms with van der Waals surface area (Å²) in [6.07, 6.45) is 0.784. The van der Waals surface area contributed by atoms with E-state index in [9.17, 15) is 0 Å². The Kier molecular flexibility index (Phi) is 6.01. The second-order valence-electron chi connectivity index (χ2n) is 4.48. The highest BCUT2D eigenvalue weighted by molar-refractivity contribution is 5.38. The molecule has 1 rings (SSSR count). The summed E-state index contributed by atoms with van der Waals surface area (Å²) in [5.41, 5.74) is 2.45. The zero-order valence-corrected chi connectivity index (χ0v) is 11.0. The van der Waals surface area contributed by atoms with Crippen LogP contribution in [0.25, 0.3) is 0 Å². The molecule has 1 aromatic carbocycles. The van der Waals surface area contributed by atoms with Crippen LogP contribution in [0.2, 0.25) is 0 Å². The molecule has 0 aliphatic carbocycles. The molecule has 0 saturated heterocycles. The third-order valence-electron chi connectivity index (χ3n) is 2.80. The van der Waals surface area contributed by atoms with Gasteiger partial charge in [0.15, 0.2) is 0 Å². The van der Waals surface area contributed by atoms with Crippen molar-refractivity contribution in [2.24, 2.45) is 0 Å². The fourth-order valence-corrected chi connectivity index (χ4v) is 1.69. The molecule has 0 radical (unpaired) electrons. The van der Waals surface area contributed by atoms with Gasteiger partial charge in [-0.3, -0.25) is 0 Å². The lowest BCUT2D eigenvalue weighted by Gasteiger charge is -2.13. The summed E-state index contributed by atoms with van der Waals surface area (Å²) >= 11 is 0. The predicted molar refractivity (Wildman–Crippen MR) is 70.5 cm³/mol. The highest BCUT2D eigenvalue weighted by Crippen LogP contribution is 2.24. The third-order valence-corrected chi connectivity index (χ3v) is 2.80. The summed E-state index contributed by atoms with van der Waals surface area (Å²) in [6.45, 7) is 6.19. The van der Waals surface area contributed by atoms with Crippen LogP contribution in [-0.2, 0) is 6.54 Å². The Morgan fingerprint density at radius 3 is 2.71 bits per heavy atom. The molecule has 96 valence electrons. The summed E-state index contributed by atoms with van der Waals surface area (Å²) in [7, 11) is 1.71. The average molecular weight is 237 g/mol. The average Bonchev–Trinajstić information content (AvgIpc) is 2.34. The molecule has 0 aliphatic heterocycles. The first-order valence-electron chi connectivity index (χ1n) is 6.17. The minimum absolute atomic E-state index is 0.233. The van der Waals surface area contributed by atoms with Crippen molar-refractivity contribution in [3.05, 3.63) is 29.3 Å². The zero-order chi connectivity index (χ0) is 12.7. The lowest BCUT2D eigenvalue weighted by Crippen LogP contribution is -2.16. The van der Waals surface area contributed by atoms with Gasteiger partial charge in [0.1, 0.15) is 5.75 Å². The summed E-state index contributed by atoms with van der Waals surface area (Å²) in [5.74, 6) is 1.45. The molecule has 0 amide bonds. The molecular formula is C14H23NO2. The Balaban J connectivity index is 2.65. The van der Waals surface area contributed by atoms with E-state index in [4.69, 9.17) is 9.84 Å². The Bertz CT molecular complexity index is 337. The molecule has 0 spiro atoms. The Morgan fingerprint density at radius 1 is 1.35 bits per heavy atom. The zero-order valence-electron chi connectivity index (χ0n) is 11.0. The maximum absolute atomic E-state index is 8.70. The highest BCUT2D eigenvalue weighted by Gasteiger charge is 2.06. The number of rotatable bonds is 7. The molecule has 3 heteroatoms. The van der Waals surface area contributed by atoms with Crippen LogP contribution in [0, 0.1) is 0 Å². The number of ether oxygens (including phenoxy) is 1. The monoisotopic (exact) mass is 237 g/mol. The van der Waals surface area contributed by atoms with Crippen LogP contribution in [0.15, 0.2) is 18.2 Å².